The van der Waals surface area contributed by atoms with Gasteiger partial charge in [0.05, 0.1) is 16.5 Å². The quantitative estimate of drug-likeness (QED) is 0.712. The number of halogens is 1. The summed E-state index contributed by atoms with van der Waals surface area (Å²) < 4.78 is 34.2. The molecule has 1 aromatic carbocycles. The van der Waals surface area contributed by atoms with Crippen LogP contribution in [-0.4, -0.2) is 50.1 Å². The van der Waals surface area contributed by atoms with Crippen LogP contribution in [0.25, 0.3) is 6.08 Å². The number of hydrogen-bond donors (Lipinski definition) is 0. The highest BCUT2D eigenvalue weighted by Gasteiger charge is 2.34. The van der Waals surface area contributed by atoms with E-state index in [1.807, 2.05) is 13.8 Å². The van der Waals surface area contributed by atoms with Crippen molar-refractivity contribution in [3.63, 3.8) is 0 Å². The van der Waals surface area contributed by atoms with E-state index in [4.69, 9.17) is 21.1 Å². The average molecular weight is 400 g/mol. The van der Waals surface area contributed by atoms with Crippen LogP contribution in [0.4, 0.5) is 0 Å². The zero-order chi connectivity index (χ0) is 18.9. The Morgan fingerprint density at radius 1 is 1.38 bits per heavy atom. The fourth-order valence-corrected chi connectivity index (χ4v) is 5.18. The van der Waals surface area contributed by atoms with E-state index in [2.05, 4.69) is 0 Å². The summed E-state index contributed by atoms with van der Waals surface area (Å²) >= 11 is 6.16. The Kier molecular flexibility index (Phi) is 5.48. The molecular weight excluding hydrogens is 378 g/mol. The molecule has 142 valence electrons. The predicted octanol–water partition coefficient (Wildman–Crippen LogP) is 2.75. The summed E-state index contributed by atoms with van der Waals surface area (Å²) in [6, 6.07) is 3.19. The van der Waals surface area contributed by atoms with Gasteiger partial charge in [-0.15, -0.1) is 0 Å². The molecule has 0 N–H and O–H groups in total. The maximum atomic E-state index is 12.7. The molecule has 1 unspecified atom stereocenters. The van der Waals surface area contributed by atoms with Crippen LogP contribution in [0.2, 0.25) is 5.02 Å². The van der Waals surface area contributed by atoms with E-state index in [1.165, 1.54) is 6.08 Å². The van der Waals surface area contributed by atoms with Crippen LogP contribution in [-0.2, 0) is 14.6 Å². The average Bonchev–Trinajstić information content (AvgIpc) is 3.16. The molecule has 1 fully saturated rings. The standard InChI is InChI=1S/C18H22ClNO5S/c1-12(2)9-20(14-5-6-26(22,23)10-14)17(21)4-3-13-7-15(19)18-16(8-13)24-11-25-18/h3-4,7-8,12,14H,5-6,9-11H2,1-2H3/b4-3+. The summed E-state index contributed by atoms with van der Waals surface area (Å²) in [4.78, 5) is 14.4. The third-order valence-electron chi connectivity index (χ3n) is 4.36. The number of benzene rings is 1. The topological polar surface area (TPSA) is 72.9 Å². The van der Waals surface area contributed by atoms with Crippen LogP contribution in [0.15, 0.2) is 18.2 Å². The third-order valence-corrected chi connectivity index (χ3v) is 6.39. The number of nitrogens with zero attached hydrogens (tertiary/aromatic N) is 1. The Bertz CT molecular complexity index is 834. The van der Waals surface area contributed by atoms with Crippen molar-refractivity contribution < 1.29 is 22.7 Å². The third kappa shape index (κ3) is 4.32. The molecule has 2 heterocycles. The summed E-state index contributed by atoms with van der Waals surface area (Å²) in [5, 5.41) is 0.424. The molecule has 6 nitrogen and oxygen atoms in total. The minimum absolute atomic E-state index is 0.0369. The van der Waals surface area contributed by atoms with Gasteiger partial charge in [-0.1, -0.05) is 25.4 Å². The molecule has 2 aliphatic heterocycles. The number of ether oxygens (including phenoxy) is 2. The van der Waals surface area contributed by atoms with Gasteiger partial charge in [0.15, 0.2) is 21.3 Å². The number of sulfone groups is 1. The van der Waals surface area contributed by atoms with E-state index in [-0.39, 0.29) is 36.2 Å². The number of carbonyl (C=O) groups is 1. The number of rotatable bonds is 5. The van der Waals surface area contributed by atoms with Crippen LogP contribution in [0.1, 0.15) is 25.8 Å². The van der Waals surface area contributed by atoms with Crippen molar-refractivity contribution in [3.05, 3.63) is 28.8 Å². The van der Waals surface area contributed by atoms with E-state index >= 15 is 0 Å². The van der Waals surface area contributed by atoms with Crippen molar-refractivity contribution in [1.82, 2.24) is 4.90 Å². The van der Waals surface area contributed by atoms with Crippen LogP contribution < -0.4 is 9.47 Å². The second kappa shape index (κ2) is 7.48. The Balaban J connectivity index is 1.77. The van der Waals surface area contributed by atoms with Crippen molar-refractivity contribution >= 4 is 33.4 Å². The normalized spacial score (nSPS) is 20.8. The molecule has 1 saturated heterocycles. The fraction of sp³-hybridized carbons (Fsp3) is 0.500. The van der Waals surface area contributed by atoms with Crippen molar-refractivity contribution in [2.75, 3.05) is 24.8 Å². The van der Waals surface area contributed by atoms with Gasteiger partial charge in [-0.2, -0.15) is 0 Å². The minimum atomic E-state index is -3.06. The van der Waals surface area contributed by atoms with Crippen LogP contribution in [0.5, 0.6) is 11.5 Å². The van der Waals surface area contributed by atoms with Crippen molar-refractivity contribution in [2.24, 2.45) is 5.92 Å². The van der Waals surface area contributed by atoms with E-state index in [0.717, 1.165) is 5.56 Å². The highest BCUT2D eigenvalue weighted by molar-refractivity contribution is 7.91. The van der Waals surface area contributed by atoms with Gasteiger partial charge in [-0.3, -0.25) is 4.79 Å². The monoisotopic (exact) mass is 399 g/mol. The molecule has 1 aromatic rings. The molecule has 1 amide bonds. The van der Waals surface area contributed by atoms with Gasteiger partial charge >= 0.3 is 0 Å². The molecule has 0 radical (unpaired) electrons. The summed E-state index contributed by atoms with van der Waals surface area (Å²) in [7, 11) is -3.06. The Morgan fingerprint density at radius 2 is 2.15 bits per heavy atom. The molecule has 0 spiro atoms. The molecule has 0 aliphatic carbocycles. The first-order valence-corrected chi connectivity index (χ1v) is 10.7. The Labute approximate surface area is 158 Å². The zero-order valence-electron chi connectivity index (χ0n) is 14.8. The molecule has 8 heteroatoms. The van der Waals surface area contributed by atoms with E-state index in [9.17, 15) is 13.2 Å². The minimum Gasteiger partial charge on any atom is -0.454 e. The summed E-state index contributed by atoms with van der Waals surface area (Å²) in [6.07, 6.45) is 3.61. The molecular formula is C18H22ClNO5S. The highest BCUT2D eigenvalue weighted by atomic mass is 35.5. The fourth-order valence-electron chi connectivity index (χ4n) is 3.18. The maximum absolute atomic E-state index is 12.7. The van der Waals surface area contributed by atoms with Crippen molar-refractivity contribution in [3.8, 4) is 11.5 Å². The number of hydrogen-bond acceptors (Lipinski definition) is 5. The lowest BCUT2D eigenvalue weighted by atomic mass is 10.1. The molecule has 2 aliphatic rings. The molecule has 0 aromatic heterocycles. The summed E-state index contributed by atoms with van der Waals surface area (Å²) in [5.41, 5.74) is 0.719. The molecule has 1 atom stereocenters. The first-order valence-electron chi connectivity index (χ1n) is 8.53. The van der Waals surface area contributed by atoms with Crippen LogP contribution in [0.3, 0.4) is 0 Å². The largest absolute Gasteiger partial charge is 0.454 e. The maximum Gasteiger partial charge on any atom is 0.246 e. The van der Waals surface area contributed by atoms with Gasteiger partial charge in [0.25, 0.3) is 0 Å². The number of amides is 1. The number of fused-ring (bicyclic) bond motifs is 1. The summed E-state index contributed by atoms with van der Waals surface area (Å²) in [6.45, 7) is 4.65. The second-order valence-electron chi connectivity index (χ2n) is 7.01. The smallest absolute Gasteiger partial charge is 0.246 e. The lowest BCUT2D eigenvalue weighted by Gasteiger charge is -2.28. The van der Waals surface area contributed by atoms with E-state index < -0.39 is 9.84 Å². The Morgan fingerprint density at radius 3 is 2.81 bits per heavy atom. The first kappa shape index (κ1) is 19.0. The lowest BCUT2D eigenvalue weighted by molar-refractivity contribution is -0.128. The molecule has 26 heavy (non-hydrogen) atoms. The van der Waals surface area contributed by atoms with Crippen molar-refractivity contribution in [1.29, 1.82) is 0 Å². The van der Waals surface area contributed by atoms with E-state index in [1.54, 1.807) is 23.1 Å². The summed E-state index contributed by atoms with van der Waals surface area (Å²) in [5.74, 6) is 1.28. The van der Waals surface area contributed by atoms with Crippen LogP contribution in [0, 0.1) is 5.92 Å². The van der Waals surface area contributed by atoms with Crippen molar-refractivity contribution in [2.45, 2.75) is 26.3 Å². The predicted molar refractivity (Wildman–Crippen MR) is 100 cm³/mol. The lowest BCUT2D eigenvalue weighted by Crippen LogP contribution is -2.42. The zero-order valence-corrected chi connectivity index (χ0v) is 16.3. The van der Waals surface area contributed by atoms with Gasteiger partial charge in [0.1, 0.15) is 0 Å². The van der Waals surface area contributed by atoms with Gasteiger partial charge in [-0.05, 0) is 36.1 Å². The van der Waals surface area contributed by atoms with Gasteiger partial charge < -0.3 is 14.4 Å². The SMILES string of the molecule is CC(C)CN(C(=O)/C=C/c1cc(Cl)c2c(c1)OCO2)C1CCS(=O)(=O)C1. The molecule has 0 saturated carbocycles. The van der Waals surface area contributed by atoms with Gasteiger partial charge in [0, 0.05) is 18.7 Å². The van der Waals surface area contributed by atoms with Gasteiger partial charge in [-0.25, -0.2) is 8.42 Å². The number of carbonyl (C=O) groups excluding carboxylic acids is 1. The second-order valence-corrected chi connectivity index (χ2v) is 9.65. The molecule has 3 rings (SSSR count). The molecule has 0 bridgehead atoms. The van der Waals surface area contributed by atoms with E-state index in [0.29, 0.717) is 29.5 Å². The van der Waals surface area contributed by atoms with Gasteiger partial charge in [0.2, 0.25) is 12.7 Å². The first-order chi connectivity index (χ1) is 12.2. The highest BCUT2D eigenvalue weighted by Crippen LogP contribution is 2.40. The van der Waals surface area contributed by atoms with Crippen LogP contribution >= 0.6 is 11.6 Å². The Hall–Kier alpha value is -1.73.